The van der Waals surface area contributed by atoms with Crippen molar-refractivity contribution in [1.82, 2.24) is 14.9 Å². The van der Waals surface area contributed by atoms with E-state index in [0.29, 0.717) is 5.82 Å². The number of hydrogen-bond acceptors (Lipinski definition) is 6. The molecule has 3 N–H and O–H groups in total. The number of anilines is 1. The number of benzene rings is 1. The molecule has 0 unspecified atom stereocenters. The van der Waals surface area contributed by atoms with Crippen LogP contribution >= 0.6 is 11.6 Å². The molecule has 0 aliphatic heterocycles. The van der Waals surface area contributed by atoms with Gasteiger partial charge in [0.05, 0.1) is 17.3 Å². The lowest BCUT2D eigenvalue weighted by atomic mass is 10.3. The number of hydrogen-bond donors (Lipinski definition) is 2. The van der Waals surface area contributed by atoms with E-state index in [-0.39, 0.29) is 28.0 Å². The van der Waals surface area contributed by atoms with Crippen LogP contribution in [0.25, 0.3) is 0 Å². The summed E-state index contributed by atoms with van der Waals surface area (Å²) in [5, 5.41) is 3.60. The third-order valence-electron chi connectivity index (χ3n) is 2.25. The van der Waals surface area contributed by atoms with E-state index < -0.39 is 10.0 Å². The highest BCUT2D eigenvalue weighted by Crippen LogP contribution is 2.26. The molecule has 1 aromatic heterocycles. The Morgan fingerprint density at radius 3 is 2.79 bits per heavy atom. The van der Waals surface area contributed by atoms with Crippen molar-refractivity contribution in [3.05, 3.63) is 34.9 Å². The number of nitrogens with zero attached hydrogens (tertiary/aromatic N) is 2. The molecule has 0 saturated carbocycles. The summed E-state index contributed by atoms with van der Waals surface area (Å²) in [6.07, 6.45) is 0. The molecule has 0 radical (unpaired) electrons. The molecule has 19 heavy (non-hydrogen) atoms. The monoisotopic (exact) mass is 302 g/mol. The normalized spacial score (nSPS) is 11.7. The molecule has 0 amide bonds. The fourth-order valence-corrected chi connectivity index (χ4v) is 3.10. The maximum atomic E-state index is 12.1. The second-order valence-electron chi connectivity index (χ2n) is 3.72. The molecule has 2 rings (SSSR count). The lowest BCUT2D eigenvalue weighted by Crippen LogP contribution is -2.24. The van der Waals surface area contributed by atoms with Crippen LogP contribution in [0.3, 0.4) is 0 Å². The van der Waals surface area contributed by atoms with E-state index in [1.54, 1.807) is 13.0 Å². The largest absolute Gasteiger partial charge is 0.398 e. The molecule has 0 aliphatic carbocycles. The Balaban J connectivity index is 2.23. The molecule has 2 aromatic rings. The SMILES string of the molecule is Cc1noc(CNS(=O)(=O)c2c(N)cccc2Cl)n1. The third-order valence-corrected chi connectivity index (χ3v) is 4.19. The zero-order valence-electron chi connectivity index (χ0n) is 9.92. The Labute approximate surface area is 114 Å². The van der Waals surface area contributed by atoms with Gasteiger partial charge in [0.1, 0.15) is 4.90 Å². The second kappa shape index (κ2) is 5.16. The summed E-state index contributed by atoms with van der Waals surface area (Å²) in [4.78, 5) is 3.72. The van der Waals surface area contributed by atoms with Gasteiger partial charge in [-0.1, -0.05) is 22.8 Å². The number of aromatic nitrogens is 2. The van der Waals surface area contributed by atoms with E-state index >= 15 is 0 Å². The van der Waals surface area contributed by atoms with Crippen molar-refractivity contribution in [3.63, 3.8) is 0 Å². The third kappa shape index (κ3) is 3.03. The number of nitrogens with two attached hydrogens (primary N) is 1. The minimum absolute atomic E-state index is 0.0502. The van der Waals surface area contributed by atoms with Crippen LogP contribution in [0, 0.1) is 6.92 Å². The number of halogens is 1. The summed E-state index contributed by atoms with van der Waals surface area (Å²) in [7, 11) is -3.85. The first-order valence-electron chi connectivity index (χ1n) is 5.23. The predicted molar refractivity (Wildman–Crippen MR) is 68.9 cm³/mol. The van der Waals surface area contributed by atoms with Crippen LogP contribution in [0.15, 0.2) is 27.6 Å². The summed E-state index contributed by atoms with van der Waals surface area (Å²) in [6, 6.07) is 4.47. The first-order valence-corrected chi connectivity index (χ1v) is 7.09. The molecule has 1 heterocycles. The Morgan fingerprint density at radius 2 is 2.21 bits per heavy atom. The molecular formula is C10H11ClN4O3S. The van der Waals surface area contributed by atoms with Gasteiger partial charge in [0, 0.05) is 0 Å². The van der Waals surface area contributed by atoms with Gasteiger partial charge < -0.3 is 10.3 Å². The van der Waals surface area contributed by atoms with Gasteiger partial charge in [-0.2, -0.15) is 4.98 Å². The number of aryl methyl sites for hydroxylation is 1. The molecule has 0 bridgehead atoms. The van der Waals surface area contributed by atoms with Crippen molar-refractivity contribution in [2.75, 3.05) is 5.73 Å². The van der Waals surface area contributed by atoms with Gasteiger partial charge in [-0.05, 0) is 19.1 Å². The average Bonchev–Trinajstić information content (AvgIpc) is 2.72. The van der Waals surface area contributed by atoms with E-state index in [1.165, 1.54) is 12.1 Å². The summed E-state index contributed by atoms with van der Waals surface area (Å²) in [6.45, 7) is 1.50. The van der Waals surface area contributed by atoms with Crippen LogP contribution in [0.4, 0.5) is 5.69 Å². The lowest BCUT2D eigenvalue weighted by Gasteiger charge is -2.09. The van der Waals surface area contributed by atoms with Gasteiger partial charge >= 0.3 is 0 Å². The molecule has 0 fully saturated rings. The smallest absolute Gasteiger partial charge is 0.244 e. The maximum absolute atomic E-state index is 12.1. The number of sulfonamides is 1. The second-order valence-corrected chi connectivity index (χ2v) is 5.83. The lowest BCUT2D eigenvalue weighted by molar-refractivity contribution is 0.372. The van der Waals surface area contributed by atoms with Gasteiger partial charge in [0.15, 0.2) is 5.82 Å². The van der Waals surface area contributed by atoms with Crippen LogP contribution in [-0.4, -0.2) is 18.6 Å². The predicted octanol–water partition coefficient (Wildman–Crippen LogP) is 1.09. The van der Waals surface area contributed by atoms with Crippen LogP contribution < -0.4 is 10.5 Å². The number of nitrogens with one attached hydrogen (secondary N) is 1. The van der Waals surface area contributed by atoms with Crippen LogP contribution in [0.1, 0.15) is 11.7 Å². The topological polar surface area (TPSA) is 111 Å². The Hall–Kier alpha value is -1.64. The highest BCUT2D eigenvalue weighted by Gasteiger charge is 2.21. The van der Waals surface area contributed by atoms with Crippen molar-refractivity contribution in [2.45, 2.75) is 18.4 Å². The summed E-state index contributed by atoms with van der Waals surface area (Å²) in [5.74, 6) is 0.582. The molecule has 9 heteroatoms. The van der Waals surface area contributed by atoms with Gasteiger partial charge in [0.25, 0.3) is 0 Å². The van der Waals surface area contributed by atoms with Crippen LogP contribution in [-0.2, 0) is 16.6 Å². The molecule has 0 spiro atoms. The van der Waals surface area contributed by atoms with Crippen LogP contribution in [0.2, 0.25) is 5.02 Å². The molecule has 0 aliphatic rings. The summed E-state index contributed by atoms with van der Waals surface area (Å²) >= 11 is 5.85. The maximum Gasteiger partial charge on any atom is 0.244 e. The van der Waals surface area contributed by atoms with Gasteiger partial charge in [-0.3, -0.25) is 0 Å². The standard InChI is InChI=1S/C10H11ClN4O3S/c1-6-14-9(18-15-6)5-13-19(16,17)10-7(11)3-2-4-8(10)12/h2-4,13H,5,12H2,1H3. The Morgan fingerprint density at radius 1 is 1.47 bits per heavy atom. The fraction of sp³-hybridized carbons (Fsp3) is 0.200. The van der Waals surface area contributed by atoms with Gasteiger partial charge in [0.2, 0.25) is 15.9 Å². The van der Waals surface area contributed by atoms with Crippen molar-refractivity contribution >= 4 is 27.3 Å². The molecule has 7 nitrogen and oxygen atoms in total. The molecular weight excluding hydrogens is 292 g/mol. The van der Waals surface area contributed by atoms with Crippen molar-refractivity contribution in [2.24, 2.45) is 0 Å². The van der Waals surface area contributed by atoms with E-state index in [4.69, 9.17) is 21.9 Å². The zero-order valence-corrected chi connectivity index (χ0v) is 11.5. The molecule has 0 saturated heterocycles. The van der Waals surface area contributed by atoms with E-state index in [9.17, 15) is 8.42 Å². The van der Waals surface area contributed by atoms with Crippen molar-refractivity contribution < 1.29 is 12.9 Å². The average molecular weight is 303 g/mol. The number of rotatable bonds is 4. The quantitative estimate of drug-likeness (QED) is 0.818. The van der Waals surface area contributed by atoms with E-state index in [1.807, 2.05) is 0 Å². The summed E-state index contributed by atoms with van der Waals surface area (Å²) in [5.41, 5.74) is 5.70. The van der Waals surface area contributed by atoms with Crippen molar-refractivity contribution in [1.29, 1.82) is 0 Å². The number of nitrogen functional groups attached to an aromatic ring is 1. The molecule has 102 valence electrons. The van der Waals surface area contributed by atoms with Crippen molar-refractivity contribution in [3.8, 4) is 0 Å². The summed E-state index contributed by atoms with van der Waals surface area (Å²) < 4.78 is 31.3. The van der Waals surface area contributed by atoms with E-state index in [2.05, 4.69) is 14.9 Å². The molecule has 1 aromatic carbocycles. The minimum Gasteiger partial charge on any atom is -0.398 e. The minimum atomic E-state index is -3.85. The highest BCUT2D eigenvalue weighted by molar-refractivity contribution is 7.89. The molecule has 0 atom stereocenters. The first-order chi connectivity index (χ1) is 8.90. The Kier molecular flexibility index (Phi) is 3.74. The van der Waals surface area contributed by atoms with Gasteiger partial charge in [-0.15, -0.1) is 0 Å². The Bertz CT molecular complexity index is 678. The zero-order chi connectivity index (χ0) is 14.0. The first kappa shape index (κ1) is 13.8. The van der Waals surface area contributed by atoms with E-state index in [0.717, 1.165) is 0 Å². The van der Waals surface area contributed by atoms with Gasteiger partial charge in [-0.25, -0.2) is 13.1 Å². The highest BCUT2D eigenvalue weighted by atomic mass is 35.5. The van der Waals surface area contributed by atoms with Crippen LogP contribution in [0.5, 0.6) is 0 Å². The fourth-order valence-electron chi connectivity index (χ4n) is 1.45.